The Labute approximate surface area is 192 Å². The molecule has 0 aliphatic carbocycles. The fraction of sp³-hybridized carbons (Fsp3) is 0.208. The van der Waals surface area contributed by atoms with Gasteiger partial charge in [0.25, 0.3) is 5.56 Å². The Morgan fingerprint density at radius 2 is 1.82 bits per heavy atom. The molecule has 2 aromatic carbocycles. The molecule has 0 fully saturated rings. The van der Waals surface area contributed by atoms with Gasteiger partial charge in [-0.05, 0) is 56.3 Å². The Balaban J connectivity index is 1.73. The maximum absolute atomic E-state index is 13.3. The first-order chi connectivity index (χ1) is 15.8. The number of nitrogens with zero attached hydrogens (tertiary/aromatic N) is 3. The highest BCUT2D eigenvalue weighted by atomic mass is 32.2. The molecule has 0 N–H and O–H groups in total. The van der Waals surface area contributed by atoms with Gasteiger partial charge in [0.2, 0.25) is 0 Å². The number of aromatic nitrogens is 3. The standard InChI is InChI=1S/C24H21F2N3O3S/c1-14-12-19(15(2)28(14)3)21(30)13-33-24-27-20-7-5-4-6-18(20)22(31)29(24)16-8-10-17(11-9-16)32-23(25)26/h4-12,23H,13H2,1-3H3. The summed E-state index contributed by atoms with van der Waals surface area (Å²) in [5.74, 6) is -0.00698. The van der Waals surface area contributed by atoms with Crippen LogP contribution in [0.25, 0.3) is 16.6 Å². The van der Waals surface area contributed by atoms with E-state index in [1.165, 1.54) is 28.8 Å². The van der Waals surface area contributed by atoms with E-state index in [2.05, 4.69) is 9.72 Å². The number of ketones is 1. The molecule has 0 amide bonds. The van der Waals surface area contributed by atoms with E-state index in [1.807, 2.05) is 31.5 Å². The smallest absolute Gasteiger partial charge is 0.387 e. The zero-order chi connectivity index (χ0) is 23.7. The minimum Gasteiger partial charge on any atom is -0.435 e. The molecule has 9 heteroatoms. The van der Waals surface area contributed by atoms with Crippen molar-refractivity contribution in [2.75, 3.05) is 5.75 Å². The van der Waals surface area contributed by atoms with E-state index in [4.69, 9.17) is 0 Å². The molecule has 0 spiro atoms. The molecular weight excluding hydrogens is 448 g/mol. The lowest BCUT2D eigenvalue weighted by Gasteiger charge is -2.14. The van der Waals surface area contributed by atoms with Crippen LogP contribution in [0.3, 0.4) is 0 Å². The van der Waals surface area contributed by atoms with E-state index in [-0.39, 0.29) is 22.8 Å². The lowest BCUT2D eigenvalue weighted by atomic mass is 10.2. The number of halogens is 2. The molecular formula is C24H21F2N3O3S. The third-order valence-electron chi connectivity index (χ3n) is 5.47. The number of hydrogen-bond acceptors (Lipinski definition) is 5. The highest BCUT2D eigenvalue weighted by Gasteiger charge is 2.18. The fourth-order valence-electron chi connectivity index (χ4n) is 3.56. The van der Waals surface area contributed by atoms with Gasteiger partial charge >= 0.3 is 6.61 Å². The van der Waals surface area contributed by atoms with Crippen LogP contribution in [-0.4, -0.2) is 32.3 Å². The number of alkyl halides is 2. The number of hydrogen-bond donors (Lipinski definition) is 0. The van der Waals surface area contributed by atoms with Crippen LogP contribution in [0.4, 0.5) is 8.78 Å². The number of thioether (sulfide) groups is 1. The predicted octanol–water partition coefficient (Wildman–Crippen LogP) is 4.92. The van der Waals surface area contributed by atoms with Crippen LogP contribution in [0.5, 0.6) is 5.75 Å². The molecule has 0 atom stereocenters. The first-order valence-corrected chi connectivity index (χ1v) is 11.1. The third kappa shape index (κ3) is 4.54. The summed E-state index contributed by atoms with van der Waals surface area (Å²) < 4.78 is 32.7. The molecule has 170 valence electrons. The van der Waals surface area contributed by atoms with E-state index in [0.29, 0.717) is 27.3 Å². The molecule has 2 aromatic heterocycles. The van der Waals surface area contributed by atoms with E-state index in [9.17, 15) is 18.4 Å². The van der Waals surface area contributed by atoms with Crippen molar-refractivity contribution in [3.8, 4) is 11.4 Å². The van der Waals surface area contributed by atoms with Gasteiger partial charge in [-0.25, -0.2) is 4.98 Å². The highest BCUT2D eigenvalue weighted by molar-refractivity contribution is 7.99. The van der Waals surface area contributed by atoms with Crippen molar-refractivity contribution in [1.82, 2.24) is 14.1 Å². The summed E-state index contributed by atoms with van der Waals surface area (Å²) in [7, 11) is 1.90. The number of rotatable bonds is 7. The second-order valence-electron chi connectivity index (χ2n) is 7.48. The van der Waals surface area contributed by atoms with Crippen LogP contribution in [0.2, 0.25) is 0 Å². The second-order valence-corrected chi connectivity index (χ2v) is 8.42. The highest BCUT2D eigenvalue weighted by Crippen LogP contribution is 2.25. The molecule has 33 heavy (non-hydrogen) atoms. The van der Waals surface area contributed by atoms with Crippen LogP contribution in [0, 0.1) is 13.8 Å². The van der Waals surface area contributed by atoms with Crippen LogP contribution in [0.15, 0.2) is 64.5 Å². The SMILES string of the molecule is Cc1cc(C(=O)CSc2nc3ccccc3c(=O)n2-c2ccc(OC(F)F)cc2)c(C)n1C. The van der Waals surface area contributed by atoms with E-state index < -0.39 is 6.61 Å². The Morgan fingerprint density at radius 1 is 1.12 bits per heavy atom. The topological polar surface area (TPSA) is 66.1 Å². The number of carbonyl (C=O) groups excluding carboxylic acids is 1. The minimum absolute atomic E-state index is 0.0187. The first kappa shape index (κ1) is 22.7. The summed E-state index contributed by atoms with van der Waals surface area (Å²) in [6.07, 6.45) is 0. The Morgan fingerprint density at radius 3 is 2.45 bits per heavy atom. The zero-order valence-corrected chi connectivity index (χ0v) is 19.0. The molecule has 0 unspecified atom stereocenters. The van der Waals surface area contributed by atoms with Gasteiger partial charge in [-0.15, -0.1) is 0 Å². The van der Waals surface area contributed by atoms with Gasteiger partial charge in [0, 0.05) is 24.0 Å². The third-order valence-corrected chi connectivity index (χ3v) is 6.41. The van der Waals surface area contributed by atoms with E-state index in [1.54, 1.807) is 24.3 Å². The van der Waals surface area contributed by atoms with Crippen molar-refractivity contribution in [2.45, 2.75) is 25.6 Å². The summed E-state index contributed by atoms with van der Waals surface area (Å²) >= 11 is 1.15. The van der Waals surface area contributed by atoms with Crippen molar-refractivity contribution in [3.05, 3.63) is 81.9 Å². The van der Waals surface area contributed by atoms with E-state index >= 15 is 0 Å². The Bertz CT molecular complexity index is 1390. The Hall–Kier alpha value is -3.46. The average Bonchev–Trinajstić information content (AvgIpc) is 3.05. The van der Waals surface area contributed by atoms with Gasteiger partial charge in [-0.3, -0.25) is 14.2 Å². The molecule has 0 saturated heterocycles. The quantitative estimate of drug-likeness (QED) is 0.218. The monoisotopic (exact) mass is 469 g/mol. The molecule has 0 aliphatic heterocycles. The van der Waals surface area contributed by atoms with Crippen LogP contribution in [0.1, 0.15) is 21.7 Å². The molecule has 0 aliphatic rings. The van der Waals surface area contributed by atoms with Gasteiger partial charge in [0.15, 0.2) is 10.9 Å². The number of Topliss-reactive ketones (excluding diaryl/α,β-unsaturated/α-hetero) is 1. The summed E-state index contributed by atoms with van der Waals surface area (Å²) in [5, 5.41) is 0.746. The van der Waals surface area contributed by atoms with Gasteiger partial charge in [0.1, 0.15) is 5.75 Å². The van der Waals surface area contributed by atoms with Gasteiger partial charge in [0.05, 0.1) is 22.3 Å². The van der Waals surface area contributed by atoms with Gasteiger partial charge < -0.3 is 9.30 Å². The minimum atomic E-state index is -2.94. The van der Waals surface area contributed by atoms with Crippen LogP contribution < -0.4 is 10.3 Å². The number of ether oxygens (including phenoxy) is 1. The lowest BCUT2D eigenvalue weighted by molar-refractivity contribution is -0.0498. The molecule has 0 bridgehead atoms. The first-order valence-electron chi connectivity index (χ1n) is 10.1. The number of para-hydroxylation sites is 1. The fourth-order valence-corrected chi connectivity index (χ4v) is 4.45. The number of fused-ring (bicyclic) bond motifs is 1. The summed E-state index contributed by atoms with van der Waals surface area (Å²) in [6, 6.07) is 14.5. The zero-order valence-electron chi connectivity index (χ0n) is 18.2. The molecule has 0 radical (unpaired) electrons. The number of benzene rings is 2. The molecule has 4 aromatic rings. The molecule has 6 nitrogen and oxygen atoms in total. The second kappa shape index (κ2) is 9.19. The lowest BCUT2D eigenvalue weighted by Crippen LogP contribution is -2.22. The predicted molar refractivity (Wildman–Crippen MR) is 124 cm³/mol. The molecule has 0 saturated carbocycles. The normalized spacial score (nSPS) is 11.3. The van der Waals surface area contributed by atoms with Crippen molar-refractivity contribution in [1.29, 1.82) is 0 Å². The van der Waals surface area contributed by atoms with Crippen molar-refractivity contribution < 1.29 is 18.3 Å². The molecule has 2 heterocycles. The number of aryl methyl sites for hydroxylation is 1. The van der Waals surface area contributed by atoms with E-state index in [0.717, 1.165) is 23.1 Å². The largest absolute Gasteiger partial charge is 0.435 e. The van der Waals surface area contributed by atoms with Crippen LogP contribution >= 0.6 is 11.8 Å². The van der Waals surface area contributed by atoms with Crippen molar-refractivity contribution in [3.63, 3.8) is 0 Å². The van der Waals surface area contributed by atoms with Crippen molar-refractivity contribution >= 4 is 28.4 Å². The maximum atomic E-state index is 13.3. The summed E-state index contributed by atoms with van der Waals surface area (Å²) in [6.45, 7) is 0.877. The molecule has 4 rings (SSSR count). The summed E-state index contributed by atoms with van der Waals surface area (Å²) in [5.41, 5.74) is 3.11. The van der Waals surface area contributed by atoms with Crippen molar-refractivity contribution in [2.24, 2.45) is 7.05 Å². The Kier molecular flexibility index (Phi) is 6.33. The van der Waals surface area contributed by atoms with Gasteiger partial charge in [-0.1, -0.05) is 23.9 Å². The maximum Gasteiger partial charge on any atom is 0.387 e. The number of carbonyl (C=O) groups is 1. The van der Waals surface area contributed by atoms with Gasteiger partial charge in [-0.2, -0.15) is 8.78 Å². The summed E-state index contributed by atoms with van der Waals surface area (Å²) in [4.78, 5) is 30.8. The average molecular weight is 470 g/mol. The van der Waals surface area contributed by atoms with Crippen LogP contribution in [-0.2, 0) is 7.05 Å².